The highest BCUT2D eigenvalue weighted by Gasteiger charge is 2.31. The number of rotatable bonds is 2. The molecule has 0 saturated carbocycles. The zero-order valence-corrected chi connectivity index (χ0v) is 12.0. The zero-order valence-electron chi connectivity index (χ0n) is 12.0. The molecule has 1 aliphatic heterocycles. The molecule has 5 nitrogen and oxygen atoms in total. The van der Waals surface area contributed by atoms with Gasteiger partial charge in [-0.2, -0.15) is 0 Å². The highest BCUT2D eigenvalue weighted by atomic mass is 16.6. The topological polar surface area (TPSA) is 66.8 Å². The van der Waals surface area contributed by atoms with Gasteiger partial charge in [0.25, 0.3) is 0 Å². The van der Waals surface area contributed by atoms with Crippen molar-refractivity contribution in [3.8, 4) is 0 Å². The molecule has 0 bridgehead atoms. The monoisotopic (exact) mass is 277 g/mol. The van der Waals surface area contributed by atoms with Gasteiger partial charge in [-0.1, -0.05) is 18.2 Å². The molecule has 0 spiro atoms. The molecule has 1 N–H and O–H groups in total. The van der Waals surface area contributed by atoms with E-state index < -0.39 is 17.7 Å². The molecule has 1 aliphatic rings. The lowest BCUT2D eigenvalue weighted by atomic mass is 10.0. The van der Waals surface area contributed by atoms with Crippen LogP contribution < -0.4 is 4.90 Å². The number of fused-ring (bicyclic) bond motifs is 1. The first-order chi connectivity index (χ1) is 9.28. The van der Waals surface area contributed by atoms with E-state index in [1.54, 1.807) is 11.0 Å². The van der Waals surface area contributed by atoms with Gasteiger partial charge >= 0.3 is 12.1 Å². The Morgan fingerprint density at radius 1 is 1.35 bits per heavy atom. The number of carbonyl (C=O) groups excluding carboxylic acids is 1. The third kappa shape index (κ3) is 3.10. The first kappa shape index (κ1) is 14.4. The lowest BCUT2D eigenvalue weighted by Gasteiger charge is -2.25. The number of amides is 1. The minimum absolute atomic E-state index is 0.0948. The smallest absolute Gasteiger partial charge is 0.414 e. The van der Waals surface area contributed by atoms with Crippen LogP contribution in [0.5, 0.6) is 0 Å². The summed E-state index contributed by atoms with van der Waals surface area (Å²) in [4.78, 5) is 24.7. The van der Waals surface area contributed by atoms with Gasteiger partial charge in [-0.05, 0) is 38.3 Å². The summed E-state index contributed by atoms with van der Waals surface area (Å²) < 4.78 is 5.38. The van der Waals surface area contributed by atoms with E-state index in [9.17, 15) is 9.59 Å². The number of benzene rings is 1. The molecule has 0 radical (unpaired) electrons. The number of nitrogens with zero attached hydrogens (tertiary/aromatic N) is 1. The van der Waals surface area contributed by atoms with Gasteiger partial charge in [-0.3, -0.25) is 9.69 Å². The lowest BCUT2D eigenvalue weighted by Crippen LogP contribution is -2.36. The number of hydrogen-bond acceptors (Lipinski definition) is 3. The van der Waals surface area contributed by atoms with E-state index in [0.29, 0.717) is 17.8 Å². The van der Waals surface area contributed by atoms with Gasteiger partial charge in [-0.15, -0.1) is 0 Å². The van der Waals surface area contributed by atoms with Gasteiger partial charge < -0.3 is 9.84 Å². The number of carboxylic acids is 1. The van der Waals surface area contributed by atoms with Crippen LogP contribution in [0.2, 0.25) is 0 Å². The number of carboxylic acid groups (broad SMARTS) is 1. The van der Waals surface area contributed by atoms with Gasteiger partial charge in [0.2, 0.25) is 0 Å². The number of ether oxygens (including phenoxy) is 1. The van der Waals surface area contributed by atoms with Crippen LogP contribution in [0.25, 0.3) is 0 Å². The van der Waals surface area contributed by atoms with E-state index in [2.05, 4.69) is 0 Å². The van der Waals surface area contributed by atoms with Crippen molar-refractivity contribution in [2.24, 2.45) is 0 Å². The average Bonchev–Trinajstić information content (AvgIpc) is 2.70. The summed E-state index contributed by atoms with van der Waals surface area (Å²) in [6, 6.07) is 5.50. The predicted octanol–water partition coefficient (Wildman–Crippen LogP) is 2.61. The molecule has 5 heteroatoms. The fraction of sp³-hybridized carbons (Fsp3) is 0.467. The Labute approximate surface area is 118 Å². The molecule has 0 unspecified atom stereocenters. The molecule has 108 valence electrons. The minimum atomic E-state index is -0.908. The van der Waals surface area contributed by atoms with Crippen molar-refractivity contribution in [3.05, 3.63) is 29.3 Å². The molecule has 20 heavy (non-hydrogen) atoms. The van der Waals surface area contributed by atoms with Crippen LogP contribution in [0.3, 0.4) is 0 Å². The highest BCUT2D eigenvalue weighted by molar-refractivity contribution is 5.92. The number of hydrogen-bond donors (Lipinski definition) is 1. The van der Waals surface area contributed by atoms with E-state index in [0.717, 1.165) is 12.0 Å². The first-order valence-electron chi connectivity index (χ1n) is 6.61. The molecule has 0 saturated heterocycles. The summed E-state index contributed by atoms with van der Waals surface area (Å²) in [5.74, 6) is -0.908. The van der Waals surface area contributed by atoms with E-state index in [4.69, 9.17) is 9.84 Å². The Kier molecular flexibility index (Phi) is 3.70. The molecular formula is C15H19NO4. The maximum atomic E-state index is 12.2. The second kappa shape index (κ2) is 5.15. The minimum Gasteiger partial charge on any atom is -0.481 e. The quantitative estimate of drug-likeness (QED) is 0.902. The van der Waals surface area contributed by atoms with E-state index in [1.807, 2.05) is 32.9 Å². The molecular weight excluding hydrogens is 258 g/mol. The Morgan fingerprint density at radius 3 is 2.65 bits per heavy atom. The third-order valence-corrected chi connectivity index (χ3v) is 3.03. The standard InChI is InChI=1S/C15H19NO4/c1-15(2,3)20-14(19)16-8-7-10-5-4-6-11(13(10)16)9-12(17)18/h4-6H,7-9H2,1-3H3,(H,17,18). The van der Waals surface area contributed by atoms with Gasteiger partial charge in [-0.25, -0.2) is 4.79 Å². The largest absolute Gasteiger partial charge is 0.481 e. The van der Waals surface area contributed by atoms with E-state index >= 15 is 0 Å². The van der Waals surface area contributed by atoms with Gasteiger partial charge in [0.15, 0.2) is 0 Å². The van der Waals surface area contributed by atoms with Gasteiger partial charge in [0.05, 0.1) is 12.1 Å². The van der Waals surface area contributed by atoms with Crippen LogP contribution >= 0.6 is 0 Å². The molecule has 0 fully saturated rings. The number of anilines is 1. The predicted molar refractivity (Wildman–Crippen MR) is 75.1 cm³/mol. The number of carbonyl (C=O) groups is 2. The van der Waals surface area contributed by atoms with Crippen molar-refractivity contribution in [3.63, 3.8) is 0 Å². The second-order valence-corrected chi connectivity index (χ2v) is 5.88. The maximum absolute atomic E-state index is 12.2. The summed E-state index contributed by atoms with van der Waals surface area (Å²) >= 11 is 0. The van der Waals surface area contributed by atoms with Gasteiger partial charge in [0, 0.05) is 6.54 Å². The molecule has 1 aromatic rings. The zero-order chi connectivity index (χ0) is 14.9. The molecule has 1 heterocycles. The van der Waals surface area contributed by atoms with Crippen LogP contribution in [0.1, 0.15) is 31.9 Å². The fourth-order valence-electron chi connectivity index (χ4n) is 2.34. The molecule has 0 atom stereocenters. The van der Waals surface area contributed by atoms with Crippen molar-refractivity contribution < 1.29 is 19.4 Å². The Bertz CT molecular complexity index is 545. The lowest BCUT2D eigenvalue weighted by molar-refractivity contribution is -0.136. The van der Waals surface area contributed by atoms with Crippen molar-refractivity contribution in [1.29, 1.82) is 0 Å². The Balaban J connectivity index is 2.31. The van der Waals surface area contributed by atoms with Crippen molar-refractivity contribution in [2.45, 2.75) is 39.2 Å². The highest BCUT2D eigenvalue weighted by Crippen LogP contribution is 2.33. The van der Waals surface area contributed by atoms with Crippen LogP contribution in [0.4, 0.5) is 10.5 Å². The molecule has 0 aromatic heterocycles. The van der Waals surface area contributed by atoms with Crippen LogP contribution in [0, 0.1) is 0 Å². The summed E-state index contributed by atoms with van der Waals surface area (Å²) in [5, 5.41) is 8.97. The fourth-order valence-corrected chi connectivity index (χ4v) is 2.34. The van der Waals surface area contributed by atoms with Crippen LogP contribution in [0.15, 0.2) is 18.2 Å². The van der Waals surface area contributed by atoms with Crippen molar-refractivity contribution in [1.82, 2.24) is 0 Å². The van der Waals surface area contributed by atoms with E-state index in [1.165, 1.54) is 0 Å². The second-order valence-electron chi connectivity index (χ2n) is 5.88. The normalized spacial score (nSPS) is 14.1. The van der Waals surface area contributed by atoms with Crippen LogP contribution in [-0.4, -0.2) is 29.3 Å². The Morgan fingerprint density at radius 2 is 2.05 bits per heavy atom. The van der Waals surface area contributed by atoms with E-state index in [-0.39, 0.29) is 6.42 Å². The maximum Gasteiger partial charge on any atom is 0.414 e. The number of aliphatic carboxylic acids is 1. The molecule has 1 amide bonds. The molecule has 0 aliphatic carbocycles. The summed E-state index contributed by atoms with van der Waals surface area (Å²) in [7, 11) is 0. The SMILES string of the molecule is CC(C)(C)OC(=O)N1CCc2cccc(CC(=O)O)c21. The molecule has 1 aromatic carbocycles. The third-order valence-electron chi connectivity index (χ3n) is 3.03. The van der Waals surface area contributed by atoms with Crippen LogP contribution in [-0.2, 0) is 22.4 Å². The van der Waals surface area contributed by atoms with Crippen molar-refractivity contribution in [2.75, 3.05) is 11.4 Å². The summed E-state index contributed by atoms with van der Waals surface area (Å²) in [6.07, 6.45) is 0.207. The average molecular weight is 277 g/mol. The summed E-state index contributed by atoms with van der Waals surface area (Å²) in [6.45, 7) is 5.96. The number of para-hydroxylation sites is 1. The van der Waals surface area contributed by atoms with Crippen molar-refractivity contribution >= 4 is 17.7 Å². The first-order valence-corrected chi connectivity index (χ1v) is 6.61. The van der Waals surface area contributed by atoms with Gasteiger partial charge in [0.1, 0.15) is 5.60 Å². The molecule has 2 rings (SSSR count). The Hall–Kier alpha value is -2.04. The summed E-state index contributed by atoms with van der Waals surface area (Å²) in [5.41, 5.74) is 1.78.